The summed E-state index contributed by atoms with van der Waals surface area (Å²) in [7, 11) is 0. The molecule has 0 bridgehead atoms. The van der Waals surface area contributed by atoms with Gasteiger partial charge in [-0.1, -0.05) is 35.4 Å². The van der Waals surface area contributed by atoms with Gasteiger partial charge in [0.05, 0.1) is 13.1 Å². The first-order valence-electron chi connectivity index (χ1n) is 8.23. The minimum Gasteiger partial charge on any atom is -0.452 e. The minimum absolute atomic E-state index is 0.240. The fourth-order valence-electron chi connectivity index (χ4n) is 2.46. The maximum absolute atomic E-state index is 15.0. The second kappa shape index (κ2) is 7.77. The number of rotatable bonds is 4. The van der Waals surface area contributed by atoms with Gasteiger partial charge in [-0.15, -0.1) is 0 Å². The van der Waals surface area contributed by atoms with Crippen molar-refractivity contribution < 1.29 is 18.3 Å². The first-order valence-corrected chi connectivity index (χ1v) is 8.23. The van der Waals surface area contributed by atoms with Gasteiger partial charge in [0.2, 0.25) is 11.4 Å². The van der Waals surface area contributed by atoms with Crippen LogP contribution in [0.5, 0.6) is 23.0 Å². The zero-order valence-corrected chi connectivity index (χ0v) is 15.1. The summed E-state index contributed by atoms with van der Waals surface area (Å²) in [5.74, 6) is -2.98. The van der Waals surface area contributed by atoms with Crippen LogP contribution in [0.1, 0.15) is 11.1 Å². The van der Waals surface area contributed by atoms with Gasteiger partial charge in [-0.3, -0.25) is 0 Å². The van der Waals surface area contributed by atoms with Crippen LogP contribution >= 0.6 is 0 Å². The van der Waals surface area contributed by atoms with Crippen LogP contribution in [-0.2, 0) is 0 Å². The molecule has 0 aliphatic heterocycles. The smallest absolute Gasteiger partial charge is 0.236 e. The predicted octanol–water partition coefficient (Wildman–Crippen LogP) is 7.27. The third-order valence-corrected chi connectivity index (χ3v) is 3.95. The Labute approximate surface area is 161 Å². The lowest BCUT2D eigenvalue weighted by molar-refractivity contribution is 0.377. The van der Waals surface area contributed by atoms with E-state index in [1.165, 1.54) is 0 Å². The maximum atomic E-state index is 15.0. The lowest BCUT2D eigenvalue weighted by Crippen LogP contribution is -1.98. The normalized spacial score (nSPS) is 10.1. The second-order valence-electron chi connectivity index (χ2n) is 6.04. The zero-order valence-electron chi connectivity index (χ0n) is 15.1. The number of ether oxygens (including phenoxy) is 2. The van der Waals surface area contributed by atoms with Gasteiger partial charge in [-0.05, 0) is 38.1 Å². The second-order valence-corrected chi connectivity index (χ2v) is 6.04. The number of aryl methyl sites for hydroxylation is 2. The Balaban J connectivity index is 2.18. The van der Waals surface area contributed by atoms with Crippen molar-refractivity contribution in [2.24, 2.45) is 0 Å². The molecule has 0 fully saturated rings. The lowest BCUT2D eigenvalue weighted by atomic mass is 10.2. The van der Waals surface area contributed by atoms with Crippen molar-refractivity contribution in [1.29, 1.82) is 0 Å². The maximum Gasteiger partial charge on any atom is 0.236 e. The molecule has 0 radical (unpaired) electrons. The van der Waals surface area contributed by atoms with E-state index in [-0.39, 0.29) is 11.5 Å². The summed E-state index contributed by atoms with van der Waals surface area (Å²) in [6.07, 6.45) is 0. The third-order valence-electron chi connectivity index (χ3n) is 3.95. The number of halogens is 2. The molecule has 0 unspecified atom stereocenters. The molecular formula is C22H14F2N2O2. The van der Waals surface area contributed by atoms with Crippen molar-refractivity contribution in [1.82, 2.24) is 0 Å². The molecule has 0 N–H and O–H groups in total. The van der Waals surface area contributed by atoms with Crippen LogP contribution < -0.4 is 9.47 Å². The average Bonchev–Trinajstić information content (AvgIpc) is 2.70. The monoisotopic (exact) mass is 376 g/mol. The van der Waals surface area contributed by atoms with E-state index < -0.39 is 34.5 Å². The van der Waals surface area contributed by atoms with Crippen LogP contribution in [0.3, 0.4) is 0 Å². The van der Waals surface area contributed by atoms with Crippen molar-refractivity contribution in [3.63, 3.8) is 0 Å². The van der Waals surface area contributed by atoms with Crippen LogP contribution in [0.25, 0.3) is 9.69 Å². The Hall–Kier alpha value is -3.90. The molecule has 28 heavy (non-hydrogen) atoms. The van der Waals surface area contributed by atoms with E-state index in [0.29, 0.717) is 0 Å². The largest absolute Gasteiger partial charge is 0.452 e. The van der Waals surface area contributed by atoms with Crippen LogP contribution in [0, 0.1) is 38.6 Å². The van der Waals surface area contributed by atoms with E-state index in [0.717, 1.165) is 11.1 Å². The van der Waals surface area contributed by atoms with E-state index in [9.17, 15) is 8.78 Å². The average molecular weight is 376 g/mol. The Bertz CT molecular complexity index is 1020. The molecule has 3 rings (SSSR count). The molecule has 0 saturated carbocycles. The van der Waals surface area contributed by atoms with Crippen molar-refractivity contribution in [3.8, 4) is 23.0 Å². The molecule has 0 aromatic heterocycles. The summed E-state index contributed by atoms with van der Waals surface area (Å²) in [6, 6.07) is 13.3. The molecule has 0 spiro atoms. The van der Waals surface area contributed by atoms with Gasteiger partial charge in [-0.2, -0.15) is 0 Å². The Morgan fingerprint density at radius 3 is 1.25 bits per heavy atom. The fourth-order valence-corrected chi connectivity index (χ4v) is 2.46. The molecule has 0 aliphatic carbocycles. The van der Waals surface area contributed by atoms with E-state index in [2.05, 4.69) is 9.69 Å². The van der Waals surface area contributed by atoms with Crippen LogP contribution in [0.15, 0.2) is 48.5 Å². The molecular weight excluding hydrogens is 362 g/mol. The Kier molecular flexibility index (Phi) is 5.24. The fraction of sp³-hybridized carbons (Fsp3) is 0.0909. The van der Waals surface area contributed by atoms with Gasteiger partial charge >= 0.3 is 0 Å². The van der Waals surface area contributed by atoms with Crippen LogP contribution in [-0.4, -0.2) is 0 Å². The Morgan fingerprint density at radius 2 is 0.964 bits per heavy atom. The molecule has 0 atom stereocenters. The molecule has 4 nitrogen and oxygen atoms in total. The van der Waals surface area contributed by atoms with Crippen molar-refractivity contribution in [2.75, 3.05) is 0 Å². The summed E-state index contributed by atoms with van der Waals surface area (Å²) in [6.45, 7) is 18.0. The number of hydrogen-bond donors (Lipinski definition) is 0. The van der Waals surface area contributed by atoms with Gasteiger partial charge in [-0.25, -0.2) is 18.5 Å². The van der Waals surface area contributed by atoms with Gasteiger partial charge in [0.25, 0.3) is 0 Å². The summed E-state index contributed by atoms with van der Waals surface area (Å²) >= 11 is 0. The molecule has 3 aromatic rings. The first-order chi connectivity index (χ1) is 13.4. The van der Waals surface area contributed by atoms with Gasteiger partial charge in [0.15, 0.2) is 23.1 Å². The zero-order chi connectivity index (χ0) is 20.3. The molecule has 0 heterocycles. The van der Waals surface area contributed by atoms with E-state index in [4.69, 9.17) is 22.6 Å². The van der Waals surface area contributed by atoms with E-state index >= 15 is 0 Å². The predicted molar refractivity (Wildman–Crippen MR) is 101 cm³/mol. The summed E-state index contributed by atoms with van der Waals surface area (Å²) in [5.41, 5.74) is 0.428. The van der Waals surface area contributed by atoms with Crippen LogP contribution in [0.2, 0.25) is 0 Å². The molecule has 138 valence electrons. The number of nitrogens with zero attached hydrogens (tertiary/aromatic N) is 2. The molecule has 0 saturated heterocycles. The van der Waals surface area contributed by atoms with Gasteiger partial charge in [0.1, 0.15) is 11.5 Å². The number of benzene rings is 3. The van der Waals surface area contributed by atoms with E-state index in [1.807, 2.05) is 13.8 Å². The molecule has 0 aliphatic rings. The van der Waals surface area contributed by atoms with Gasteiger partial charge in [0, 0.05) is 0 Å². The van der Waals surface area contributed by atoms with Gasteiger partial charge < -0.3 is 9.47 Å². The third kappa shape index (κ3) is 3.62. The highest BCUT2D eigenvalue weighted by molar-refractivity contribution is 5.78. The van der Waals surface area contributed by atoms with Crippen molar-refractivity contribution in [2.45, 2.75) is 13.8 Å². The highest BCUT2D eigenvalue weighted by Gasteiger charge is 2.28. The summed E-state index contributed by atoms with van der Waals surface area (Å²) in [4.78, 5) is 5.93. The summed E-state index contributed by atoms with van der Waals surface area (Å²) in [5, 5.41) is 0. The Morgan fingerprint density at radius 1 is 0.643 bits per heavy atom. The van der Waals surface area contributed by atoms with Crippen molar-refractivity contribution >= 4 is 11.4 Å². The topological polar surface area (TPSA) is 27.2 Å². The number of hydrogen-bond acceptors (Lipinski definition) is 2. The highest BCUT2D eigenvalue weighted by Crippen LogP contribution is 2.49. The lowest BCUT2D eigenvalue weighted by Gasteiger charge is -2.16. The molecule has 0 amide bonds. The van der Waals surface area contributed by atoms with Crippen molar-refractivity contribution in [3.05, 3.63) is 94.1 Å². The minimum atomic E-state index is -1.15. The molecule has 6 heteroatoms. The summed E-state index contributed by atoms with van der Waals surface area (Å²) < 4.78 is 41.0. The van der Waals surface area contributed by atoms with Crippen LogP contribution in [0.4, 0.5) is 20.2 Å². The molecule has 3 aromatic carbocycles. The standard InChI is InChI=1S/C22H14F2N2O2/c1-13-5-9-15(10-6-13)27-21-17(23)19(25-3)20(26-4)18(24)22(21)28-16-11-7-14(2)8-12-16/h5-12H,1-2H3. The SMILES string of the molecule is [C-]#[N+]c1c(F)c(Oc2ccc(C)cc2)c(Oc2ccc(C)cc2)c(F)c1[N+]#[C-]. The quantitative estimate of drug-likeness (QED) is 0.448. The van der Waals surface area contributed by atoms with E-state index in [1.54, 1.807) is 48.5 Å². The first kappa shape index (κ1) is 18.9. The highest BCUT2D eigenvalue weighted by atomic mass is 19.1.